The number of rotatable bonds is 5. The molecule has 0 aliphatic carbocycles. The zero-order valence-electron chi connectivity index (χ0n) is 13.5. The van der Waals surface area contributed by atoms with Gasteiger partial charge in [0, 0.05) is 19.0 Å². The minimum absolute atomic E-state index is 0.0761. The molecule has 0 aliphatic rings. The quantitative estimate of drug-likeness (QED) is 0.383. The van der Waals surface area contributed by atoms with E-state index in [4.69, 9.17) is 28.1 Å². The first-order valence-electron chi connectivity index (χ1n) is 7.22. The van der Waals surface area contributed by atoms with Crippen molar-refractivity contribution in [2.24, 2.45) is 7.05 Å². The van der Waals surface area contributed by atoms with Gasteiger partial charge in [-0.3, -0.25) is 14.5 Å². The molecule has 0 fully saturated rings. The Kier molecular flexibility index (Phi) is 6.02. The van der Waals surface area contributed by atoms with Crippen LogP contribution in [0.2, 0.25) is 10.0 Å². The van der Waals surface area contributed by atoms with Crippen LogP contribution in [-0.2, 0) is 22.9 Å². The van der Waals surface area contributed by atoms with Gasteiger partial charge in [0.15, 0.2) is 11.4 Å². The van der Waals surface area contributed by atoms with Crippen LogP contribution in [0.3, 0.4) is 0 Å². The molecule has 0 radical (unpaired) electrons. The number of carbonyl (C=O) groups is 1. The second-order valence-electron chi connectivity index (χ2n) is 5.18. The zero-order chi connectivity index (χ0) is 19.6. The van der Waals surface area contributed by atoms with Crippen LogP contribution in [0, 0.1) is 5.82 Å². The number of carbonyl (C=O) groups excluding carboxylic acids is 1. The molecule has 5 nitrogen and oxygen atoms in total. The van der Waals surface area contributed by atoms with Gasteiger partial charge in [0.1, 0.15) is 11.5 Å². The van der Waals surface area contributed by atoms with Crippen LogP contribution in [0.15, 0.2) is 12.1 Å². The monoisotopic (exact) mass is 414 g/mol. The Morgan fingerprint density at radius 1 is 1.31 bits per heavy atom. The van der Waals surface area contributed by atoms with Crippen molar-refractivity contribution in [2.75, 3.05) is 0 Å². The van der Waals surface area contributed by atoms with Gasteiger partial charge in [-0.2, -0.15) is 18.3 Å². The molecule has 0 amide bonds. The summed E-state index contributed by atoms with van der Waals surface area (Å²) < 4.78 is 53.8. The van der Waals surface area contributed by atoms with Crippen molar-refractivity contribution in [2.45, 2.75) is 25.9 Å². The number of nitrogens with zero attached hydrogens (tertiary/aromatic N) is 2. The lowest BCUT2D eigenvalue weighted by Crippen LogP contribution is -2.12. The lowest BCUT2D eigenvalue weighted by Gasteiger charge is -2.09. The van der Waals surface area contributed by atoms with Crippen molar-refractivity contribution in [3.8, 4) is 17.0 Å². The smallest absolute Gasteiger partial charge is 0.285 e. The van der Waals surface area contributed by atoms with Gasteiger partial charge in [0.2, 0.25) is 0 Å². The average molecular weight is 415 g/mol. The Morgan fingerprint density at radius 2 is 1.96 bits per heavy atom. The first kappa shape index (κ1) is 20.3. The first-order chi connectivity index (χ1) is 12.1. The highest BCUT2D eigenvalue weighted by molar-refractivity contribution is 6.34. The molecule has 0 unspecified atom stereocenters. The highest BCUT2D eigenvalue weighted by Crippen LogP contribution is 2.41. The Bertz CT molecular complexity index is 837. The summed E-state index contributed by atoms with van der Waals surface area (Å²) >= 11 is 11.6. The van der Waals surface area contributed by atoms with E-state index in [0.29, 0.717) is 11.1 Å². The molecule has 0 saturated heterocycles. The number of alkyl halides is 3. The van der Waals surface area contributed by atoms with Crippen molar-refractivity contribution < 1.29 is 32.1 Å². The number of aromatic nitrogens is 2. The molecule has 0 saturated carbocycles. The van der Waals surface area contributed by atoms with Crippen LogP contribution < -0.4 is 4.89 Å². The average Bonchev–Trinajstić information content (AvgIpc) is 2.81. The van der Waals surface area contributed by atoms with Crippen molar-refractivity contribution in [1.82, 2.24) is 9.78 Å². The highest BCUT2D eigenvalue weighted by atomic mass is 35.5. The molecule has 0 atom stereocenters. The Hall–Kier alpha value is -2.00. The second-order valence-corrected chi connectivity index (χ2v) is 5.97. The van der Waals surface area contributed by atoms with E-state index in [1.54, 1.807) is 6.92 Å². The topological polar surface area (TPSA) is 53.4 Å². The maximum atomic E-state index is 14.2. The van der Waals surface area contributed by atoms with Gasteiger partial charge in [0.05, 0.1) is 10.0 Å². The first-order valence-corrected chi connectivity index (χ1v) is 7.98. The molecule has 0 N–H and O–H groups in total. The minimum atomic E-state index is -4.78. The van der Waals surface area contributed by atoms with E-state index in [1.807, 2.05) is 0 Å². The Balaban J connectivity index is 2.45. The van der Waals surface area contributed by atoms with E-state index >= 15 is 0 Å². The zero-order valence-corrected chi connectivity index (χ0v) is 15.0. The molecule has 2 aromatic rings. The van der Waals surface area contributed by atoms with Crippen LogP contribution in [0.25, 0.3) is 11.3 Å². The summed E-state index contributed by atoms with van der Waals surface area (Å²) in [6.45, 7) is 1.74. The highest BCUT2D eigenvalue weighted by Gasteiger charge is 2.39. The molecule has 142 valence electrons. The number of halogens is 6. The third-order valence-electron chi connectivity index (χ3n) is 3.21. The fraction of sp³-hybridized carbons (Fsp3) is 0.333. The third kappa shape index (κ3) is 4.21. The van der Waals surface area contributed by atoms with E-state index in [1.165, 1.54) is 0 Å². The van der Waals surface area contributed by atoms with Crippen molar-refractivity contribution in [3.05, 3.63) is 33.7 Å². The van der Waals surface area contributed by atoms with E-state index in [2.05, 4.69) is 9.99 Å². The predicted octanol–water partition coefficient (Wildman–Crippen LogP) is 5.19. The molecule has 11 heteroatoms. The molecule has 26 heavy (non-hydrogen) atoms. The molecule has 1 aromatic carbocycles. The minimum Gasteiger partial charge on any atom is -0.285 e. The fourth-order valence-electron chi connectivity index (χ4n) is 2.09. The molecule has 0 bridgehead atoms. The fourth-order valence-corrected chi connectivity index (χ4v) is 2.64. The van der Waals surface area contributed by atoms with Gasteiger partial charge >= 0.3 is 12.1 Å². The van der Waals surface area contributed by atoms with Crippen molar-refractivity contribution >= 4 is 29.2 Å². The van der Waals surface area contributed by atoms with Crippen LogP contribution >= 0.6 is 23.2 Å². The second kappa shape index (κ2) is 7.71. The summed E-state index contributed by atoms with van der Waals surface area (Å²) in [5.74, 6) is -1.94. The molecule has 0 aliphatic heterocycles. The van der Waals surface area contributed by atoms with E-state index in [-0.39, 0.29) is 17.2 Å². The maximum absolute atomic E-state index is 14.2. The Labute approximate surface area is 155 Å². The normalized spacial score (nSPS) is 11.5. The van der Waals surface area contributed by atoms with Crippen molar-refractivity contribution in [1.29, 1.82) is 0 Å². The van der Waals surface area contributed by atoms with Gasteiger partial charge in [-0.1, -0.05) is 30.1 Å². The molecule has 0 spiro atoms. The van der Waals surface area contributed by atoms with Gasteiger partial charge in [-0.05, 0) is 18.6 Å². The Morgan fingerprint density at radius 3 is 2.50 bits per heavy atom. The van der Waals surface area contributed by atoms with Gasteiger partial charge < -0.3 is 0 Å². The van der Waals surface area contributed by atoms with Gasteiger partial charge in [0.25, 0.3) is 0 Å². The summed E-state index contributed by atoms with van der Waals surface area (Å²) in [5, 5.41) is 2.59. The summed E-state index contributed by atoms with van der Waals surface area (Å²) in [7, 11) is 1.02. The molecular formula is C15H12Cl2F4N2O3. The predicted molar refractivity (Wildman–Crippen MR) is 85.3 cm³/mol. The lowest BCUT2D eigenvalue weighted by atomic mass is 10.1. The molecule has 1 heterocycles. The summed E-state index contributed by atoms with van der Waals surface area (Å²) in [5.41, 5.74) is -2.09. The van der Waals surface area contributed by atoms with E-state index in [9.17, 15) is 22.4 Å². The van der Waals surface area contributed by atoms with Crippen LogP contribution in [-0.4, -0.2) is 15.7 Å². The number of hydrogen-bond acceptors (Lipinski definition) is 4. The van der Waals surface area contributed by atoms with Gasteiger partial charge in [-0.15, -0.1) is 0 Å². The summed E-state index contributed by atoms with van der Waals surface area (Å²) in [4.78, 5) is 20.6. The van der Waals surface area contributed by atoms with Crippen LogP contribution in [0.5, 0.6) is 5.75 Å². The lowest BCUT2D eigenvalue weighted by molar-refractivity contribution is -0.213. The van der Waals surface area contributed by atoms with Crippen LogP contribution in [0.1, 0.15) is 25.5 Å². The standard InChI is InChI=1S/C15H12Cl2F4N2O3/c1-3-4-11(24)26-25-10-5-7(9(18)6-8(10)16)13-12(17)14(15(19,20)21)23(2)22-13/h5-6H,3-4H2,1-2H3. The summed E-state index contributed by atoms with van der Waals surface area (Å²) in [6.07, 6.45) is -4.20. The number of benzene rings is 1. The maximum Gasteiger partial charge on any atom is 0.434 e. The van der Waals surface area contributed by atoms with E-state index < -0.39 is 39.9 Å². The SMILES string of the molecule is CCCC(=O)OOc1cc(-c2nn(C)c(C(F)(F)F)c2Cl)c(F)cc1Cl. The van der Waals surface area contributed by atoms with Gasteiger partial charge in [-0.25, -0.2) is 9.18 Å². The third-order valence-corrected chi connectivity index (χ3v) is 3.87. The van der Waals surface area contributed by atoms with E-state index in [0.717, 1.165) is 19.2 Å². The molecule has 2 rings (SSSR count). The number of hydrogen-bond donors (Lipinski definition) is 0. The number of aryl methyl sites for hydroxylation is 1. The van der Waals surface area contributed by atoms with Crippen LogP contribution in [0.4, 0.5) is 17.6 Å². The molecular weight excluding hydrogens is 403 g/mol. The molecule has 1 aromatic heterocycles. The van der Waals surface area contributed by atoms with Crippen molar-refractivity contribution in [3.63, 3.8) is 0 Å². The summed E-state index contributed by atoms with van der Waals surface area (Å²) in [6, 6.07) is 1.74. The largest absolute Gasteiger partial charge is 0.434 e.